The fraction of sp³-hybridized carbons (Fsp3) is 0.345. The van der Waals surface area contributed by atoms with Gasteiger partial charge in [-0.15, -0.1) is 35.7 Å². The second-order valence-electron chi connectivity index (χ2n) is 9.22. The summed E-state index contributed by atoms with van der Waals surface area (Å²) in [5.74, 6) is 0.652. The number of para-hydroxylation sites is 1. The summed E-state index contributed by atoms with van der Waals surface area (Å²) in [5, 5.41) is 23.7. The second-order valence-corrected chi connectivity index (χ2v) is 9.22. The van der Waals surface area contributed by atoms with Crippen LogP contribution in [0.2, 0.25) is 0 Å². The summed E-state index contributed by atoms with van der Waals surface area (Å²) in [7, 11) is 1.61. The summed E-state index contributed by atoms with van der Waals surface area (Å²) < 4.78 is 10.5. The molecule has 3 aromatic rings. The predicted molar refractivity (Wildman–Crippen MR) is 138 cm³/mol. The number of aromatic amines is 1. The van der Waals surface area contributed by atoms with Crippen LogP contribution >= 0.6 is 0 Å². The molecule has 4 rings (SSSR count). The average Bonchev–Trinajstić information content (AvgIpc) is 3.31. The summed E-state index contributed by atoms with van der Waals surface area (Å²) in [5.41, 5.74) is 2.22. The molecule has 0 bridgehead atoms. The van der Waals surface area contributed by atoms with Crippen LogP contribution in [0, 0.1) is 18.2 Å². The molecule has 0 radical (unpaired) electrons. The van der Waals surface area contributed by atoms with E-state index < -0.39 is 11.9 Å². The number of methoxy groups -OCH3 is 1. The molecule has 7 nitrogen and oxygen atoms in total. The number of hydrogen-bond donors (Lipinski definition) is 4. The number of aliphatic hydroxyl groups excluding tert-OH is 1. The Morgan fingerprint density at radius 1 is 1.24 bits per heavy atom. The Labute approximate surface area is 231 Å². The van der Waals surface area contributed by atoms with Gasteiger partial charge in [0, 0.05) is 26.1 Å². The Hall–Kier alpha value is -2.75. The molecule has 0 saturated carbocycles. The topological polar surface area (TPSA) is 104 Å². The monoisotopic (exact) mass is 681 g/mol. The minimum atomic E-state index is -1.28. The standard InChI is InChI=1S/C21H27NO5.C8H6N.Os/c1-14(9-20(24)27-13-21(2,3)25)22-16-10-15(11-17(23)12-16)18-7-5-6-8-19(18)26-4;1-2-4-8-7(3-1)5-6-9-8;/h5-8,15,20,22,24-25H,10-11,13H2,1-4H3;1-2,4-6,9H;/q-2;-1;/t15-,20?;;/m1../s1. The molecule has 37 heavy (non-hydrogen) atoms. The maximum Gasteiger partial charge on any atom is 0.122 e. The molecule has 1 unspecified atom stereocenters. The number of aliphatic hydroxyl groups is 2. The van der Waals surface area contributed by atoms with E-state index in [1.807, 2.05) is 54.7 Å². The number of fused-ring (bicyclic) bond motifs is 1. The molecule has 1 aliphatic carbocycles. The SMILES string of the molecule is COc1ccccc1[C@H]1CC(=O)[C-]=C(NC(C)=[C-]C(O)OCC(C)(C)O)C1.[Os].[c-]1cccc2[nH]ccc12. The zero-order valence-corrected chi connectivity index (χ0v) is 24.0. The van der Waals surface area contributed by atoms with Crippen LogP contribution in [-0.2, 0) is 29.3 Å². The van der Waals surface area contributed by atoms with Crippen LogP contribution in [0.5, 0.6) is 5.75 Å². The van der Waals surface area contributed by atoms with Gasteiger partial charge in [0.25, 0.3) is 0 Å². The Bertz CT molecular complexity index is 1180. The van der Waals surface area contributed by atoms with Crippen molar-refractivity contribution in [2.75, 3.05) is 13.7 Å². The molecule has 2 atom stereocenters. The number of benzene rings is 2. The fourth-order valence-corrected chi connectivity index (χ4v) is 3.82. The van der Waals surface area contributed by atoms with Gasteiger partial charge in [-0.1, -0.05) is 25.1 Å². The first-order valence-electron chi connectivity index (χ1n) is 11.8. The number of aromatic nitrogens is 1. The minimum absolute atomic E-state index is 0. The molecule has 200 valence electrons. The van der Waals surface area contributed by atoms with Crippen molar-refractivity contribution in [3.63, 3.8) is 0 Å². The largest absolute Gasteiger partial charge is 0.496 e. The van der Waals surface area contributed by atoms with E-state index >= 15 is 0 Å². The first-order valence-corrected chi connectivity index (χ1v) is 11.8. The average molecular weight is 680 g/mol. The van der Waals surface area contributed by atoms with Crippen molar-refractivity contribution in [2.24, 2.45) is 0 Å². The number of ketones is 1. The van der Waals surface area contributed by atoms with Crippen molar-refractivity contribution >= 4 is 16.7 Å². The maximum absolute atomic E-state index is 12.1. The molecule has 0 spiro atoms. The van der Waals surface area contributed by atoms with Gasteiger partial charge in [-0.3, -0.25) is 0 Å². The molecular formula is C29H33N2O5Os-3. The van der Waals surface area contributed by atoms with Crippen LogP contribution in [0.25, 0.3) is 10.9 Å². The van der Waals surface area contributed by atoms with Crippen molar-refractivity contribution in [3.8, 4) is 5.75 Å². The Balaban J connectivity index is 0.000000400. The minimum Gasteiger partial charge on any atom is -0.496 e. The van der Waals surface area contributed by atoms with E-state index in [1.54, 1.807) is 27.9 Å². The van der Waals surface area contributed by atoms with Gasteiger partial charge in [-0.25, -0.2) is 0 Å². The van der Waals surface area contributed by atoms with Gasteiger partial charge >= 0.3 is 0 Å². The summed E-state index contributed by atoms with van der Waals surface area (Å²) in [6.07, 6.45) is 7.13. The van der Waals surface area contributed by atoms with Crippen LogP contribution < -0.4 is 10.1 Å². The number of nitrogens with one attached hydrogen (secondary N) is 2. The molecule has 1 heterocycles. The Morgan fingerprint density at radius 3 is 2.70 bits per heavy atom. The van der Waals surface area contributed by atoms with E-state index in [0.717, 1.165) is 22.2 Å². The summed E-state index contributed by atoms with van der Waals surface area (Å²) in [4.78, 5) is 15.2. The normalized spacial score (nSPS) is 16.7. The van der Waals surface area contributed by atoms with Crippen molar-refractivity contribution in [3.05, 3.63) is 89.9 Å². The number of carbonyl (C=O) groups is 1. The van der Waals surface area contributed by atoms with Crippen LogP contribution in [0.3, 0.4) is 0 Å². The molecule has 0 aliphatic heterocycles. The van der Waals surface area contributed by atoms with E-state index in [2.05, 4.69) is 28.5 Å². The third-order valence-electron chi connectivity index (χ3n) is 5.40. The number of Topliss-reactive ketones (excluding diaryl/α,β-unsaturated/α-hetero) is 1. The second kappa shape index (κ2) is 14.3. The predicted octanol–water partition coefficient (Wildman–Crippen LogP) is 4.20. The van der Waals surface area contributed by atoms with Gasteiger partial charge in [0.2, 0.25) is 0 Å². The van der Waals surface area contributed by atoms with Gasteiger partial charge in [-0.05, 0) is 61.7 Å². The Kier molecular flexibility index (Phi) is 11.7. The number of hydrogen-bond acceptors (Lipinski definition) is 6. The summed E-state index contributed by atoms with van der Waals surface area (Å²) >= 11 is 0. The van der Waals surface area contributed by atoms with E-state index in [-0.39, 0.29) is 38.1 Å². The number of ether oxygens (including phenoxy) is 2. The molecule has 8 heteroatoms. The first-order chi connectivity index (χ1) is 17.1. The van der Waals surface area contributed by atoms with E-state index in [0.29, 0.717) is 24.2 Å². The number of carbonyl (C=O) groups excluding carboxylic acids is 1. The molecule has 4 N–H and O–H groups in total. The van der Waals surface area contributed by atoms with Crippen LogP contribution in [0.1, 0.15) is 45.1 Å². The first kappa shape index (κ1) is 30.5. The number of allylic oxidation sites excluding steroid dienone is 3. The molecule has 1 aliphatic rings. The third kappa shape index (κ3) is 9.90. The summed E-state index contributed by atoms with van der Waals surface area (Å²) in [6.45, 7) is 4.85. The van der Waals surface area contributed by atoms with Crippen molar-refractivity contribution in [1.82, 2.24) is 10.3 Å². The molecule has 0 fully saturated rings. The summed E-state index contributed by atoms with van der Waals surface area (Å²) in [6, 6.07) is 18.7. The van der Waals surface area contributed by atoms with Crippen LogP contribution in [0.15, 0.2) is 66.1 Å². The van der Waals surface area contributed by atoms with E-state index in [4.69, 9.17) is 9.47 Å². The number of H-pyrrole nitrogens is 1. The molecular weight excluding hydrogens is 647 g/mol. The van der Waals surface area contributed by atoms with Gasteiger partial charge in [0.05, 0.1) is 19.3 Å². The zero-order valence-electron chi connectivity index (χ0n) is 21.4. The van der Waals surface area contributed by atoms with E-state index in [9.17, 15) is 15.0 Å². The molecule has 2 aromatic carbocycles. The van der Waals surface area contributed by atoms with E-state index in [1.165, 1.54) is 0 Å². The molecule has 0 amide bonds. The van der Waals surface area contributed by atoms with Crippen molar-refractivity contribution < 1.29 is 44.3 Å². The third-order valence-corrected chi connectivity index (χ3v) is 5.40. The van der Waals surface area contributed by atoms with Gasteiger partial charge < -0.3 is 46.9 Å². The smallest absolute Gasteiger partial charge is 0.122 e. The van der Waals surface area contributed by atoms with Gasteiger partial charge in [-0.2, -0.15) is 11.4 Å². The maximum atomic E-state index is 12.1. The van der Waals surface area contributed by atoms with Crippen molar-refractivity contribution in [1.29, 1.82) is 0 Å². The molecule has 1 aromatic heterocycles. The molecule has 0 saturated heterocycles. The Morgan fingerprint density at radius 2 is 2.00 bits per heavy atom. The number of rotatable bonds is 8. The fourth-order valence-electron chi connectivity index (χ4n) is 3.82. The van der Waals surface area contributed by atoms with Gasteiger partial charge in [0.15, 0.2) is 0 Å². The van der Waals surface area contributed by atoms with Crippen molar-refractivity contribution in [2.45, 2.75) is 51.4 Å². The van der Waals surface area contributed by atoms with Gasteiger partial charge in [0.1, 0.15) is 5.75 Å². The quantitative estimate of drug-likeness (QED) is 0.210. The van der Waals surface area contributed by atoms with Crippen LogP contribution in [-0.4, -0.2) is 46.6 Å². The van der Waals surface area contributed by atoms with Crippen LogP contribution in [0.4, 0.5) is 0 Å². The zero-order chi connectivity index (χ0) is 26.1.